The molecule has 1 aromatic rings. The molecule has 1 fully saturated rings. The van der Waals surface area contributed by atoms with Gasteiger partial charge in [-0.3, -0.25) is 4.99 Å². The first-order valence-corrected chi connectivity index (χ1v) is 7.33. The van der Waals surface area contributed by atoms with Crippen molar-refractivity contribution in [3.05, 3.63) is 23.3 Å². The van der Waals surface area contributed by atoms with Gasteiger partial charge in [0.25, 0.3) is 0 Å². The summed E-state index contributed by atoms with van der Waals surface area (Å²) in [5.41, 5.74) is 13.7. The highest BCUT2D eigenvalue weighted by Gasteiger charge is 2.20. The van der Waals surface area contributed by atoms with Crippen LogP contribution in [-0.2, 0) is 5.60 Å². The third-order valence-corrected chi connectivity index (χ3v) is 3.91. The smallest absolute Gasteiger partial charge is 0.0861 e. The molecule has 20 heavy (non-hydrogen) atoms. The molecule has 1 saturated carbocycles. The van der Waals surface area contributed by atoms with Gasteiger partial charge in [-0.25, -0.2) is 0 Å². The molecule has 0 saturated heterocycles. The van der Waals surface area contributed by atoms with E-state index in [9.17, 15) is 5.11 Å². The molecule has 5 N–H and O–H groups in total. The number of nitrogens with two attached hydrogens (primary N) is 2. The Morgan fingerprint density at radius 1 is 1.15 bits per heavy atom. The molecule has 0 aromatic heterocycles. The summed E-state index contributed by atoms with van der Waals surface area (Å²) < 4.78 is 0. The molecule has 2 rings (SSSR count). The Morgan fingerprint density at radius 2 is 1.80 bits per heavy atom. The van der Waals surface area contributed by atoms with Crippen molar-refractivity contribution >= 4 is 17.6 Å². The number of aliphatic hydroxyl groups is 1. The average molecular weight is 275 g/mol. The minimum atomic E-state index is -0.989. The second kappa shape index (κ2) is 5.83. The Labute approximate surface area is 120 Å². The highest BCUT2D eigenvalue weighted by Crippen LogP contribution is 2.29. The highest BCUT2D eigenvalue weighted by atomic mass is 16.3. The van der Waals surface area contributed by atoms with Crippen LogP contribution in [0.5, 0.6) is 0 Å². The summed E-state index contributed by atoms with van der Waals surface area (Å²) >= 11 is 0. The molecule has 1 aromatic carbocycles. The van der Waals surface area contributed by atoms with Crippen molar-refractivity contribution in [3.8, 4) is 0 Å². The summed E-state index contributed by atoms with van der Waals surface area (Å²) in [7, 11) is 0. The van der Waals surface area contributed by atoms with Crippen LogP contribution in [-0.4, -0.2) is 17.4 Å². The molecule has 1 aliphatic carbocycles. The van der Waals surface area contributed by atoms with Crippen molar-refractivity contribution < 1.29 is 5.11 Å². The van der Waals surface area contributed by atoms with Crippen LogP contribution >= 0.6 is 0 Å². The normalized spacial score (nSPS) is 17.8. The Kier molecular flexibility index (Phi) is 4.33. The van der Waals surface area contributed by atoms with Gasteiger partial charge in [-0.15, -0.1) is 0 Å². The van der Waals surface area contributed by atoms with Crippen molar-refractivity contribution in [2.24, 2.45) is 4.99 Å². The average Bonchev–Trinajstić information content (AvgIpc) is 2.39. The van der Waals surface area contributed by atoms with Crippen molar-refractivity contribution in [3.63, 3.8) is 0 Å². The standard InChI is InChI=1S/C16H25N3O/c1-16(2,20)13-9-14(17)11(8-15(13)18)10-19-12-6-4-3-5-7-12/h8-10,12,20H,3-7,17-18H2,1-2H3. The van der Waals surface area contributed by atoms with Crippen LogP contribution < -0.4 is 11.5 Å². The van der Waals surface area contributed by atoms with E-state index in [-0.39, 0.29) is 0 Å². The molecule has 0 amide bonds. The predicted molar refractivity (Wildman–Crippen MR) is 85.0 cm³/mol. The summed E-state index contributed by atoms with van der Waals surface area (Å²) in [5, 5.41) is 10.0. The van der Waals surface area contributed by atoms with Gasteiger partial charge in [-0.2, -0.15) is 0 Å². The molecule has 0 atom stereocenters. The number of aliphatic imine (C=N–C) groups is 1. The Balaban J connectivity index is 2.20. The minimum absolute atomic E-state index is 0.415. The van der Waals surface area contributed by atoms with Crippen LogP contribution in [0.1, 0.15) is 57.1 Å². The Morgan fingerprint density at radius 3 is 2.40 bits per heavy atom. The van der Waals surface area contributed by atoms with Crippen LogP contribution in [0.2, 0.25) is 0 Å². The third-order valence-electron chi connectivity index (χ3n) is 3.91. The van der Waals surface area contributed by atoms with Crippen LogP contribution in [0.3, 0.4) is 0 Å². The molecule has 0 bridgehead atoms. The van der Waals surface area contributed by atoms with E-state index < -0.39 is 5.60 Å². The second-order valence-electron chi connectivity index (χ2n) is 6.20. The predicted octanol–water partition coefficient (Wildman–Crippen LogP) is 2.83. The number of hydrogen-bond acceptors (Lipinski definition) is 4. The van der Waals surface area contributed by atoms with Crippen LogP contribution in [0.25, 0.3) is 0 Å². The maximum absolute atomic E-state index is 10.0. The molecule has 0 spiro atoms. The van der Waals surface area contributed by atoms with Crippen molar-refractivity contribution in [2.45, 2.75) is 57.6 Å². The third kappa shape index (κ3) is 3.51. The fourth-order valence-corrected chi connectivity index (χ4v) is 2.71. The van der Waals surface area contributed by atoms with Gasteiger partial charge in [-0.05, 0) is 38.8 Å². The van der Waals surface area contributed by atoms with Gasteiger partial charge in [0.2, 0.25) is 0 Å². The van der Waals surface area contributed by atoms with E-state index in [4.69, 9.17) is 11.5 Å². The fraction of sp³-hybridized carbons (Fsp3) is 0.562. The van der Waals surface area contributed by atoms with E-state index in [1.165, 1.54) is 19.3 Å². The zero-order valence-corrected chi connectivity index (χ0v) is 12.4. The number of anilines is 2. The lowest BCUT2D eigenvalue weighted by atomic mass is 9.94. The lowest BCUT2D eigenvalue weighted by Gasteiger charge is -2.21. The van der Waals surface area contributed by atoms with Crippen LogP contribution in [0, 0.1) is 0 Å². The van der Waals surface area contributed by atoms with Gasteiger partial charge < -0.3 is 16.6 Å². The van der Waals surface area contributed by atoms with E-state index in [1.807, 2.05) is 6.21 Å². The molecule has 110 valence electrons. The Bertz CT molecular complexity index is 497. The first kappa shape index (κ1) is 14.9. The first-order valence-electron chi connectivity index (χ1n) is 7.33. The topological polar surface area (TPSA) is 84.6 Å². The highest BCUT2D eigenvalue weighted by molar-refractivity contribution is 5.89. The van der Waals surface area contributed by atoms with Gasteiger partial charge in [0.15, 0.2) is 0 Å². The summed E-state index contributed by atoms with van der Waals surface area (Å²) in [6.07, 6.45) is 7.99. The van der Waals surface area contributed by atoms with Crippen molar-refractivity contribution in [1.29, 1.82) is 0 Å². The van der Waals surface area contributed by atoms with Crippen LogP contribution in [0.4, 0.5) is 11.4 Å². The minimum Gasteiger partial charge on any atom is -0.398 e. The van der Waals surface area contributed by atoms with E-state index in [2.05, 4.69) is 4.99 Å². The molecule has 0 aliphatic heterocycles. The fourth-order valence-electron chi connectivity index (χ4n) is 2.71. The summed E-state index contributed by atoms with van der Waals surface area (Å²) in [6, 6.07) is 3.96. The SMILES string of the molecule is CC(C)(O)c1cc(N)c(C=NC2CCCCC2)cc1N. The molecule has 0 unspecified atom stereocenters. The molecule has 0 heterocycles. The van der Waals surface area contributed by atoms with Gasteiger partial charge in [-0.1, -0.05) is 19.3 Å². The molecular formula is C16H25N3O. The van der Waals surface area contributed by atoms with Gasteiger partial charge in [0.05, 0.1) is 5.60 Å². The first-order chi connectivity index (χ1) is 9.38. The van der Waals surface area contributed by atoms with Crippen LogP contribution in [0.15, 0.2) is 17.1 Å². The zero-order valence-electron chi connectivity index (χ0n) is 12.4. The largest absolute Gasteiger partial charge is 0.398 e. The summed E-state index contributed by atoms with van der Waals surface area (Å²) in [4.78, 5) is 4.62. The van der Waals surface area contributed by atoms with E-state index in [1.54, 1.807) is 26.0 Å². The van der Waals surface area contributed by atoms with E-state index >= 15 is 0 Å². The number of nitrogen functional groups attached to an aromatic ring is 2. The Hall–Kier alpha value is -1.55. The molecule has 0 radical (unpaired) electrons. The van der Waals surface area contributed by atoms with Crippen molar-refractivity contribution in [1.82, 2.24) is 0 Å². The second-order valence-corrected chi connectivity index (χ2v) is 6.20. The number of rotatable bonds is 3. The quantitative estimate of drug-likeness (QED) is 0.585. The monoisotopic (exact) mass is 275 g/mol. The van der Waals surface area contributed by atoms with Gasteiger partial charge in [0.1, 0.15) is 0 Å². The lowest BCUT2D eigenvalue weighted by molar-refractivity contribution is 0.0794. The van der Waals surface area contributed by atoms with Gasteiger partial charge in [0, 0.05) is 34.8 Å². The van der Waals surface area contributed by atoms with Gasteiger partial charge >= 0.3 is 0 Å². The van der Waals surface area contributed by atoms with E-state index in [0.29, 0.717) is 23.0 Å². The lowest BCUT2D eigenvalue weighted by Crippen LogP contribution is -2.18. The molecule has 1 aliphatic rings. The summed E-state index contributed by atoms with van der Waals surface area (Å²) in [5.74, 6) is 0. The molecular weight excluding hydrogens is 250 g/mol. The maximum atomic E-state index is 10.0. The van der Waals surface area contributed by atoms with E-state index in [0.717, 1.165) is 18.4 Å². The number of nitrogens with zero attached hydrogens (tertiary/aromatic N) is 1. The summed E-state index contributed by atoms with van der Waals surface area (Å²) in [6.45, 7) is 3.40. The zero-order chi connectivity index (χ0) is 14.8. The molecule has 4 nitrogen and oxygen atoms in total. The molecule has 4 heteroatoms. The number of benzene rings is 1. The number of hydrogen-bond donors (Lipinski definition) is 3. The van der Waals surface area contributed by atoms with Crippen molar-refractivity contribution in [2.75, 3.05) is 11.5 Å². The maximum Gasteiger partial charge on any atom is 0.0861 e.